The van der Waals surface area contributed by atoms with E-state index < -0.39 is 6.04 Å². The van der Waals surface area contributed by atoms with Crippen molar-refractivity contribution < 1.29 is 9.59 Å². The van der Waals surface area contributed by atoms with Gasteiger partial charge in [-0.1, -0.05) is 18.9 Å². The third-order valence-corrected chi connectivity index (χ3v) is 6.37. The predicted molar refractivity (Wildman–Crippen MR) is 116 cm³/mol. The molecule has 1 aliphatic carbocycles. The lowest BCUT2D eigenvalue weighted by Crippen LogP contribution is -2.62. The van der Waals surface area contributed by atoms with E-state index in [1.54, 1.807) is 29.1 Å². The molecule has 2 aromatic rings. The molecule has 2 fully saturated rings. The number of hydrogen-bond donors (Lipinski definition) is 1. The van der Waals surface area contributed by atoms with Gasteiger partial charge in [-0.3, -0.25) is 19.5 Å². The topological polar surface area (TPSA) is 65.5 Å². The summed E-state index contributed by atoms with van der Waals surface area (Å²) in [5, 5.41) is 3.19. The molecular weight excluding hydrogens is 384 g/mol. The minimum Gasteiger partial charge on any atom is -0.358 e. The summed E-state index contributed by atoms with van der Waals surface area (Å²) in [5.74, 6) is -0.154. The van der Waals surface area contributed by atoms with Gasteiger partial charge < -0.3 is 10.2 Å². The van der Waals surface area contributed by atoms with Gasteiger partial charge in [-0.25, -0.2) is 0 Å². The molecule has 29 heavy (non-hydrogen) atoms. The molecule has 1 unspecified atom stereocenters. The van der Waals surface area contributed by atoms with Gasteiger partial charge in [-0.2, -0.15) is 0 Å². The molecule has 1 saturated heterocycles. The smallest absolute Gasteiger partial charge is 0.247 e. The average Bonchev–Trinajstić information content (AvgIpc) is 3.26. The Morgan fingerprint density at radius 3 is 2.69 bits per heavy atom. The van der Waals surface area contributed by atoms with Crippen molar-refractivity contribution in [1.82, 2.24) is 10.3 Å². The van der Waals surface area contributed by atoms with Crippen LogP contribution in [0.2, 0.25) is 0 Å². The highest BCUT2D eigenvalue weighted by atomic mass is 32.2. The number of anilines is 2. The second-order valence-electron chi connectivity index (χ2n) is 7.56. The summed E-state index contributed by atoms with van der Waals surface area (Å²) in [6.07, 6.45) is 9.78. The van der Waals surface area contributed by atoms with Crippen molar-refractivity contribution in [3.8, 4) is 0 Å². The summed E-state index contributed by atoms with van der Waals surface area (Å²) in [4.78, 5) is 35.3. The van der Waals surface area contributed by atoms with Crippen molar-refractivity contribution in [2.45, 2.75) is 42.7 Å². The van der Waals surface area contributed by atoms with Crippen molar-refractivity contribution in [2.75, 3.05) is 29.1 Å². The van der Waals surface area contributed by atoms with Gasteiger partial charge >= 0.3 is 0 Å². The van der Waals surface area contributed by atoms with Crippen LogP contribution in [0.3, 0.4) is 0 Å². The lowest BCUT2D eigenvalue weighted by atomic mass is 10.1. The van der Waals surface area contributed by atoms with Crippen LogP contribution in [-0.4, -0.2) is 48.2 Å². The number of nitrogens with one attached hydrogen (secondary N) is 1. The Kier molecular flexibility index (Phi) is 6.04. The zero-order valence-electron chi connectivity index (χ0n) is 16.6. The van der Waals surface area contributed by atoms with Crippen LogP contribution >= 0.6 is 11.8 Å². The number of rotatable bonds is 5. The lowest BCUT2D eigenvalue weighted by molar-refractivity contribution is -0.127. The molecule has 1 atom stereocenters. The molecule has 2 heterocycles. The van der Waals surface area contributed by atoms with E-state index in [9.17, 15) is 9.59 Å². The Morgan fingerprint density at radius 2 is 1.97 bits per heavy atom. The summed E-state index contributed by atoms with van der Waals surface area (Å²) in [6.45, 7) is 0.669. The fraction of sp³-hybridized carbons (Fsp3) is 0.409. The van der Waals surface area contributed by atoms with Crippen molar-refractivity contribution in [1.29, 1.82) is 0 Å². The Balaban J connectivity index is 1.64. The highest BCUT2D eigenvalue weighted by molar-refractivity contribution is 7.98. The van der Waals surface area contributed by atoms with E-state index in [0.717, 1.165) is 42.0 Å². The monoisotopic (exact) mass is 410 g/mol. The van der Waals surface area contributed by atoms with Gasteiger partial charge in [0.25, 0.3) is 0 Å². The summed E-state index contributed by atoms with van der Waals surface area (Å²) >= 11 is 1.62. The number of piperazine rings is 1. The van der Waals surface area contributed by atoms with Gasteiger partial charge in [0.05, 0.1) is 18.4 Å². The normalized spacial score (nSPS) is 20.2. The average molecular weight is 411 g/mol. The third-order valence-electron chi connectivity index (χ3n) is 5.65. The lowest BCUT2D eigenvalue weighted by Gasteiger charge is -2.41. The van der Waals surface area contributed by atoms with Gasteiger partial charge in [0, 0.05) is 29.4 Å². The number of nitrogens with zero attached hydrogens (tertiary/aromatic N) is 3. The molecule has 7 heteroatoms. The van der Waals surface area contributed by atoms with Crippen LogP contribution in [0, 0.1) is 0 Å². The first-order valence-electron chi connectivity index (χ1n) is 10.1. The molecule has 1 aromatic heterocycles. The van der Waals surface area contributed by atoms with Gasteiger partial charge in [-0.05, 0) is 49.4 Å². The van der Waals surface area contributed by atoms with Gasteiger partial charge in [0.2, 0.25) is 11.8 Å². The first-order valence-corrected chi connectivity index (χ1v) is 11.3. The fourth-order valence-corrected chi connectivity index (χ4v) is 4.61. The highest BCUT2D eigenvalue weighted by Gasteiger charge is 2.39. The molecule has 0 bridgehead atoms. The minimum absolute atomic E-state index is 0.0756. The maximum absolute atomic E-state index is 13.3. The number of carbonyl (C=O) groups is 2. The third kappa shape index (κ3) is 4.40. The molecule has 2 amide bonds. The van der Waals surface area contributed by atoms with Crippen LogP contribution in [0.5, 0.6) is 0 Å². The van der Waals surface area contributed by atoms with Crippen LogP contribution in [0.25, 0.3) is 0 Å². The van der Waals surface area contributed by atoms with Gasteiger partial charge in [0.15, 0.2) is 0 Å². The number of aromatic nitrogens is 1. The molecule has 1 saturated carbocycles. The predicted octanol–water partition coefficient (Wildman–Crippen LogP) is 3.08. The fourth-order valence-electron chi connectivity index (χ4n) is 4.16. The first kappa shape index (κ1) is 19.8. The number of pyridine rings is 1. The molecule has 1 aliphatic heterocycles. The molecule has 0 radical (unpaired) electrons. The summed E-state index contributed by atoms with van der Waals surface area (Å²) in [7, 11) is 0. The Hall–Kier alpha value is -2.54. The first-order chi connectivity index (χ1) is 14.2. The highest BCUT2D eigenvalue weighted by Crippen LogP contribution is 2.28. The van der Waals surface area contributed by atoms with Gasteiger partial charge in [0.1, 0.15) is 6.04 Å². The Labute approximate surface area is 175 Å². The number of amides is 2. The Morgan fingerprint density at radius 1 is 1.17 bits per heavy atom. The molecule has 1 N–H and O–H groups in total. The zero-order chi connectivity index (χ0) is 20.2. The molecule has 152 valence electrons. The second kappa shape index (κ2) is 8.86. The van der Waals surface area contributed by atoms with E-state index in [0.29, 0.717) is 6.54 Å². The molecular formula is C22H26N4O2S. The molecule has 0 spiro atoms. The molecule has 1 aromatic carbocycles. The number of benzene rings is 1. The van der Waals surface area contributed by atoms with Crippen LogP contribution in [0.4, 0.5) is 11.4 Å². The number of carbonyl (C=O) groups excluding carboxylic acids is 2. The largest absolute Gasteiger partial charge is 0.358 e. The van der Waals surface area contributed by atoms with Crippen molar-refractivity contribution in [3.63, 3.8) is 0 Å². The zero-order valence-corrected chi connectivity index (χ0v) is 17.4. The van der Waals surface area contributed by atoms with Crippen LogP contribution in [0.15, 0.2) is 53.7 Å². The maximum atomic E-state index is 13.3. The van der Waals surface area contributed by atoms with Crippen molar-refractivity contribution in [2.24, 2.45) is 0 Å². The van der Waals surface area contributed by atoms with Crippen molar-refractivity contribution in [3.05, 3.63) is 48.8 Å². The standard InChI is InChI=1S/C22H26N4O2S/c1-29-19-10-4-8-17(12-19)26-20(22(28)24-16-6-2-3-7-16)14-25(15-21(26)27)18-9-5-11-23-13-18/h4-5,8-13,16,20H,2-3,6-7,14-15H2,1H3,(H,24,28). The van der Waals surface area contributed by atoms with E-state index in [1.165, 1.54) is 0 Å². The van der Waals surface area contributed by atoms with E-state index in [2.05, 4.69) is 10.3 Å². The number of thioether (sulfide) groups is 1. The van der Waals surface area contributed by atoms with E-state index in [-0.39, 0.29) is 24.4 Å². The molecule has 4 rings (SSSR count). The maximum Gasteiger partial charge on any atom is 0.247 e. The SMILES string of the molecule is CSc1cccc(N2C(=O)CN(c3cccnc3)CC2C(=O)NC2CCCC2)c1. The second-order valence-corrected chi connectivity index (χ2v) is 8.44. The van der Waals surface area contributed by atoms with Crippen LogP contribution in [0.1, 0.15) is 25.7 Å². The number of hydrogen-bond acceptors (Lipinski definition) is 5. The van der Waals surface area contributed by atoms with Crippen molar-refractivity contribution >= 4 is 35.0 Å². The van der Waals surface area contributed by atoms with E-state index >= 15 is 0 Å². The van der Waals surface area contributed by atoms with Crippen LogP contribution in [-0.2, 0) is 9.59 Å². The Bertz CT molecular complexity index is 870. The van der Waals surface area contributed by atoms with E-state index in [4.69, 9.17) is 0 Å². The van der Waals surface area contributed by atoms with E-state index in [1.807, 2.05) is 47.6 Å². The van der Waals surface area contributed by atoms with Crippen LogP contribution < -0.4 is 15.1 Å². The summed E-state index contributed by atoms with van der Waals surface area (Å²) < 4.78 is 0. The van der Waals surface area contributed by atoms with Gasteiger partial charge in [-0.15, -0.1) is 11.8 Å². The molecule has 2 aliphatic rings. The quantitative estimate of drug-likeness (QED) is 0.768. The summed E-state index contributed by atoms with van der Waals surface area (Å²) in [6, 6.07) is 11.3. The summed E-state index contributed by atoms with van der Waals surface area (Å²) in [5.41, 5.74) is 1.64. The molecule has 6 nitrogen and oxygen atoms in total. The minimum atomic E-state index is -0.575.